The van der Waals surface area contributed by atoms with Crippen molar-refractivity contribution in [2.75, 3.05) is 29.2 Å². The SMILES string of the molecule is COC(=O)CSCCC(=O)Nc1ccc(NCc2ccccc2)c(Cl)c1. The number of ether oxygens (including phenoxy) is 1. The summed E-state index contributed by atoms with van der Waals surface area (Å²) >= 11 is 7.65. The number of hydrogen-bond acceptors (Lipinski definition) is 5. The summed E-state index contributed by atoms with van der Waals surface area (Å²) in [4.78, 5) is 22.9. The molecule has 0 spiro atoms. The number of hydrogen-bond donors (Lipinski definition) is 2. The molecule has 2 rings (SSSR count). The van der Waals surface area contributed by atoms with E-state index in [1.165, 1.54) is 18.9 Å². The minimum Gasteiger partial charge on any atom is -0.468 e. The zero-order chi connectivity index (χ0) is 18.8. The number of carbonyl (C=O) groups is 2. The lowest BCUT2D eigenvalue weighted by Gasteiger charge is -2.11. The van der Waals surface area contributed by atoms with E-state index in [9.17, 15) is 9.59 Å². The van der Waals surface area contributed by atoms with Gasteiger partial charge in [0.2, 0.25) is 5.91 Å². The molecule has 0 unspecified atom stereocenters. The number of thioether (sulfide) groups is 1. The number of methoxy groups -OCH3 is 1. The van der Waals surface area contributed by atoms with Crippen LogP contribution < -0.4 is 10.6 Å². The van der Waals surface area contributed by atoms with Crippen LogP contribution in [-0.2, 0) is 20.9 Å². The van der Waals surface area contributed by atoms with E-state index < -0.39 is 0 Å². The van der Waals surface area contributed by atoms with Gasteiger partial charge < -0.3 is 15.4 Å². The summed E-state index contributed by atoms with van der Waals surface area (Å²) in [5.41, 5.74) is 2.61. The number of halogens is 1. The van der Waals surface area contributed by atoms with Crippen LogP contribution >= 0.6 is 23.4 Å². The molecule has 0 atom stereocenters. The molecule has 0 bridgehead atoms. The van der Waals surface area contributed by atoms with E-state index >= 15 is 0 Å². The highest BCUT2D eigenvalue weighted by molar-refractivity contribution is 7.99. The average Bonchev–Trinajstić information content (AvgIpc) is 2.65. The van der Waals surface area contributed by atoms with Gasteiger partial charge in [0.15, 0.2) is 0 Å². The molecular formula is C19H21ClN2O3S. The highest BCUT2D eigenvalue weighted by Gasteiger charge is 2.07. The summed E-state index contributed by atoms with van der Waals surface area (Å²) in [6.07, 6.45) is 0.313. The number of amides is 1. The molecule has 7 heteroatoms. The van der Waals surface area contributed by atoms with Gasteiger partial charge in [-0.2, -0.15) is 0 Å². The third-order valence-corrected chi connectivity index (χ3v) is 4.75. The van der Waals surface area contributed by atoms with Crippen LogP contribution in [0.5, 0.6) is 0 Å². The van der Waals surface area contributed by atoms with Crippen molar-refractivity contribution < 1.29 is 14.3 Å². The number of benzene rings is 2. The van der Waals surface area contributed by atoms with Crippen molar-refractivity contribution in [1.82, 2.24) is 0 Å². The van der Waals surface area contributed by atoms with Gasteiger partial charge in [-0.25, -0.2) is 0 Å². The number of nitrogens with one attached hydrogen (secondary N) is 2. The second-order valence-electron chi connectivity index (χ2n) is 5.46. The Bertz CT molecular complexity index is 741. The van der Waals surface area contributed by atoms with E-state index in [4.69, 9.17) is 11.6 Å². The normalized spacial score (nSPS) is 10.2. The Labute approximate surface area is 162 Å². The lowest BCUT2D eigenvalue weighted by Crippen LogP contribution is -2.13. The van der Waals surface area contributed by atoms with Crippen LogP contribution in [0, 0.1) is 0 Å². The Morgan fingerprint density at radius 3 is 2.62 bits per heavy atom. The number of rotatable bonds is 9. The van der Waals surface area contributed by atoms with Crippen molar-refractivity contribution in [3.63, 3.8) is 0 Å². The maximum atomic E-state index is 11.9. The maximum Gasteiger partial charge on any atom is 0.315 e. The lowest BCUT2D eigenvalue weighted by molar-refractivity contribution is -0.137. The van der Waals surface area contributed by atoms with Crippen LogP contribution in [0.2, 0.25) is 5.02 Å². The first-order valence-electron chi connectivity index (χ1n) is 8.10. The van der Waals surface area contributed by atoms with Crippen molar-refractivity contribution >= 4 is 46.6 Å². The minimum absolute atomic E-state index is 0.122. The molecule has 1 amide bonds. The summed E-state index contributed by atoms with van der Waals surface area (Å²) in [6.45, 7) is 0.670. The quantitative estimate of drug-likeness (QED) is 0.494. The summed E-state index contributed by atoms with van der Waals surface area (Å²) in [5, 5.41) is 6.62. The van der Waals surface area contributed by atoms with Crippen LogP contribution in [0.3, 0.4) is 0 Å². The largest absolute Gasteiger partial charge is 0.468 e. The van der Waals surface area contributed by atoms with Crippen LogP contribution in [0.15, 0.2) is 48.5 Å². The van der Waals surface area contributed by atoms with Crippen molar-refractivity contribution in [1.29, 1.82) is 0 Å². The fourth-order valence-electron chi connectivity index (χ4n) is 2.13. The fourth-order valence-corrected chi connectivity index (χ4v) is 3.14. The molecule has 0 saturated heterocycles. The van der Waals surface area contributed by atoms with Crippen LogP contribution in [0.25, 0.3) is 0 Å². The average molecular weight is 393 g/mol. The summed E-state index contributed by atoms with van der Waals surface area (Å²) < 4.78 is 4.54. The summed E-state index contributed by atoms with van der Waals surface area (Å²) in [6, 6.07) is 15.4. The first-order valence-corrected chi connectivity index (χ1v) is 9.63. The van der Waals surface area contributed by atoms with Gasteiger partial charge in [0, 0.05) is 24.4 Å². The smallest absolute Gasteiger partial charge is 0.315 e. The molecule has 0 heterocycles. The minimum atomic E-state index is -0.291. The molecule has 26 heavy (non-hydrogen) atoms. The third kappa shape index (κ3) is 6.98. The van der Waals surface area contributed by atoms with Crippen LogP contribution in [0.4, 0.5) is 11.4 Å². The van der Waals surface area contributed by atoms with E-state index in [0.29, 0.717) is 29.4 Å². The van der Waals surface area contributed by atoms with E-state index in [1.54, 1.807) is 12.1 Å². The highest BCUT2D eigenvalue weighted by Crippen LogP contribution is 2.26. The lowest BCUT2D eigenvalue weighted by atomic mass is 10.2. The van der Waals surface area contributed by atoms with Crippen LogP contribution in [0.1, 0.15) is 12.0 Å². The van der Waals surface area contributed by atoms with Crippen molar-refractivity contribution in [3.8, 4) is 0 Å². The van der Waals surface area contributed by atoms with E-state index in [-0.39, 0.29) is 17.6 Å². The van der Waals surface area contributed by atoms with E-state index in [1.807, 2.05) is 36.4 Å². The predicted molar refractivity (Wildman–Crippen MR) is 108 cm³/mol. The molecule has 0 aliphatic carbocycles. The molecule has 2 aromatic carbocycles. The number of esters is 1. The molecule has 138 valence electrons. The first kappa shape index (κ1) is 20.1. The Morgan fingerprint density at radius 1 is 1.15 bits per heavy atom. The molecule has 0 fully saturated rings. The van der Waals surface area contributed by atoms with Crippen molar-refractivity contribution in [2.45, 2.75) is 13.0 Å². The molecule has 0 aliphatic rings. The molecule has 0 saturated carbocycles. The molecule has 2 aromatic rings. The van der Waals surface area contributed by atoms with Gasteiger partial charge in [-0.05, 0) is 23.8 Å². The zero-order valence-electron chi connectivity index (χ0n) is 14.5. The van der Waals surface area contributed by atoms with Gasteiger partial charge in [-0.3, -0.25) is 9.59 Å². The first-order chi connectivity index (χ1) is 12.6. The standard InChI is InChI=1S/C19H21ClN2O3S/c1-25-19(24)13-26-10-9-18(23)22-15-7-8-17(16(20)11-15)21-12-14-5-3-2-4-6-14/h2-8,11,21H,9-10,12-13H2,1H3,(H,22,23). The molecule has 5 nitrogen and oxygen atoms in total. The summed E-state index contributed by atoms with van der Waals surface area (Å²) in [5.74, 6) is 0.382. The Hall–Kier alpha value is -2.18. The maximum absolute atomic E-state index is 11.9. The number of anilines is 2. The molecule has 0 aromatic heterocycles. The fraction of sp³-hybridized carbons (Fsp3) is 0.263. The Balaban J connectivity index is 1.79. The van der Waals surface area contributed by atoms with Gasteiger partial charge in [-0.15, -0.1) is 11.8 Å². The van der Waals surface area contributed by atoms with Crippen LogP contribution in [-0.4, -0.2) is 30.5 Å². The van der Waals surface area contributed by atoms with Gasteiger partial charge in [0.1, 0.15) is 0 Å². The van der Waals surface area contributed by atoms with Gasteiger partial charge in [-0.1, -0.05) is 41.9 Å². The summed E-state index contributed by atoms with van der Waals surface area (Å²) in [7, 11) is 1.34. The number of carbonyl (C=O) groups excluding carboxylic acids is 2. The molecular weight excluding hydrogens is 372 g/mol. The van der Waals surface area contributed by atoms with Gasteiger partial charge >= 0.3 is 5.97 Å². The molecule has 0 aliphatic heterocycles. The highest BCUT2D eigenvalue weighted by atomic mass is 35.5. The topological polar surface area (TPSA) is 67.4 Å². The predicted octanol–water partition coefficient (Wildman–Crippen LogP) is 4.19. The second-order valence-corrected chi connectivity index (χ2v) is 6.97. The second kappa shape index (κ2) is 10.7. The molecule has 2 N–H and O–H groups in total. The third-order valence-electron chi connectivity index (χ3n) is 3.50. The van der Waals surface area contributed by atoms with Crippen molar-refractivity contribution in [3.05, 3.63) is 59.1 Å². The Kier molecular flexibility index (Phi) is 8.31. The van der Waals surface area contributed by atoms with Gasteiger partial charge in [0.05, 0.1) is 23.6 Å². The molecule has 0 radical (unpaired) electrons. The monoisotopic (exact) mass is 392 g/mol. The van der Waals surface area contributed by atoms with Gasteiger partial charge in [0.25, 0.3) is 0 Å². The Morgan fingerprint density at radius 2 is 1.92 bits per heavy atom. The van der Waals surface area contributed by atoms with Crippen molar-refractivity contribution in [2.24, 2.45) is 0 Å². The van der Waals surface area contributed by atoms with E-state index in [0.717, 1.165) is 11.3 Å². The van der Waals surface area contributed by atoms with E-state index in [2.05, 4.69) is 15.4 Å². The zero-order valence-corrected chi connectivity index (χ0v) is 16.0.